The molecule has 0 heterocycles. The number of hydrogen-bond acceptors (Lipinski definition) is 1. The lowest BCUT2D eigenvalue weighted by molar-refractivity contribution is 0.183. The van der Waals surface area contributed by atoms with E-state index in [2.05, 4.69) is 73.3 Å². The van der Waals surface area contributed by atoms with Gasteiger partial charge in [0.2, 0.25) is 0 Å². The van der Waals surface area contributed by atoms with Gasteiger partial charge in [-0.15, -0.1) is 0 Å². The molecule has 0 radical (unpaired) electrons. The zero-order chi connectivity index (χ0) is 21.3. The lowest BCUT2D eigenvalue weighted by Crippen LogP contribution is -2.37. The Balaban J connectivity index is 1.53. The summed E-state index contributed by atoms with van der Waals surface area (Å²) in [4.78, 5) is 2.66. The highest BCUT2D eigenvalue weighted by atomic mass is 19.2. The van der Waals surface area contributed by atoms with E-state index in [1.54, 1.807) is 0 Å². The quantitative estimate of drug-likeness (QED) is 0.387. The molecule has 0 aromatic heterocycles. The van der Waals surface area contributed by atoms with Crippen molar-refractivity contribution in [3.63, 3.8) is 0 Å². The molecule has 1 fully saturated rings. The van der Waals surface area contributed by atoms with Crippen LogP contribution in [0, 0.1) is 0 Å². The minimum Gasteiger partial charge on any atom is -0.300 e. The highest BCUT2D eigenvalue weighted by molar-refractivity contribution is 5.27. The molecule has 1 aliphatic carbocycles. The van der Waals surface area contributed by atoms with Gasteiger partial charge >= 0.3 is 0 Å². The molecule has 0 N–H and O–H groups in total. The molecule has 0 bridgehead atoms. The van der Waals surface area contributed by atoms with E-state index in [9.17, 15) is 8.78 Å². The van der Waals surface area contributed by atoms with Crippen LogP contribution in [0.25, 0.3) is 0 Å². The topological polar surface area (TPSA) is 3.24 Å². The third kappa shape index (κ3) is 6.38. The average Bonchev–Trinajstić information content (AvgIpc) is 3.11. The van der Waals surface area contributed by atoms with Crippen molar-refractivity contribution in [2.45, 2.75) is 83.1 Å². The van der Waals surface area contributed by atoms with Gasteiger partial charge in [0, 0.05) is 12.6 Å². The molecule has 1 aliphatic rings. The molecule has 3 heteroatoms. The molecule has 0 saturated heterocycles. The Morgan fingerprint density at radius 2 is 1.47 bits per heavy atom. The number of hydrogen-bond donors (Lipinski definition) is 0. The first-order valence-electron chi connectivity index (χ1n) is 11.8. The highest BCUT2D eigenvalue weighted by Gasteiger charge is 2.35. The predicted molar refractivity (Wildman–Crippen MR) is 123 cm³/mol. The molecule has 1 nitrogen and oxygen atoms in total. The van der Waals surface area contributed by atoms with E-state index < -0.39 is 12.3 Å². The van der Waals surface area contributed by atoms with Gasteiger partial charge in [-0.2, -0.15) is 0 Å². The summed E-state index contributed by atoms with van der Waals surface area (Å²) in [5.41, 5.74) is 3.81. The summed E-state index contributed by atoms with van der Waals surface area (Å²) in [6.45, 7) is 6.79. The summed E-state index contributed by atoms with van der Waals surface area (Å²) in [5, 5.41) is 0. The molecule has 0 spiro atoms. The van der Waals surface area contributed by atoms with Gasteiger partial charge in [-0.3, -0.25) is 0 Å². The molecule has 30 heavy (non-hydrogen) atoms. The molecule has 0 amide bonds. The van der Waals surface area contributed by atoms with Gasteiger partial charge in [0.15, 0.2) is 0 Å². The molecule has 2 aromatic rings. The largest absolute Gasteiger partial charge is 0.300 e. The van der Waals surface area contributed by atoms with Crippen molar-refractivity contribution in [3.05, 3.63) is 71.3 Å². The summed E-state index contributed by atoms with van der Waals surface area (Å²) < 4.78 is 27.0. The summed E-state index contributed by atoms with van der Waals surface area (Å²) in [5.74, 6) is 0.0328. The summed E-state index contributed by atoms with van der Waals surface area (Å²) in [6.07, 6.45) is 3.69. The van der Waals surface area contributed by atoms with Crippen molar-refractivity contribution < 1.29 is 8.78 Å². The third-order valence-electron chi connectivity index (χ3n) is 6.66. The molecule has 2 aromatic carbocycles. The fraction of sp³-hybridized carbons (Fsp3) is 0.556. The number of benzene rings is 2. The minimum atomic E-state index is -1.29. The average molecular weight is 414 g/mol. The van der Waals surface area contributed by atoms with E-state index in [1.165, 1.54) is 17.5 Å². The Hall–Kier alpha value is -1.74. The van der Waals surface area contributed by atoms with Gasteiger partial charge in [-0.25, -0.2) is 8.78 Å². The van der Waals surface area contributed by atoms with Gasteiger partial charge in [0.25, 0.3) is 0 Å². The molecular formula is C27H37F2N. The van der Waals surface area contributed by atoms with Crippen LogP contribution in [0.15, 0.2) is 54.6 Å². The number of halogens is 2. The van der Waals surface area contributed by atoms with Crippen LogP contribution in [-0.2, 0) is 12.8 Å². The van der Waals surface area contributed by atoms with E-state index in [4.69, 9.17) is 0 Å². The highest BCUT2D eigenvalue weighted by Crippen LogP contribution is 2.38. The summed E-state index contributed by atoms with van der Waals surface area (Å²) in [6, 6.07) is 19.8. The van der Waals surface area contributed by atoms with Crippen molar-refractivity contribution in [3.8, 4) is 0 Å². The van der Waals surface area contributed by atoms with Crippen LogP contribution >= 0.6 is 0 Å². The zero-order valence-electron chi connectivity index (χ0n) is 18.6. The number of alkyl halides is 2. The first-order valence-corrected chi connectivity index (χ1v) is 11.8. The second-order valence-electron chi connectivity index (χ2n) is 8.81. The maximum absolute atomic E-state index is 13.5. The van der Waals surface area contributed by atoms with Gasteiger partial charge in [-0.1, -0.05) is 68.4 Å². The lowest BCUT2D eigenvalue weighted by atomic mass is 9.95. The van der Waals surface area contributed by atoms with Crippen molar-refractivity contribution in [2.24, 2.45) is 0 Å². The first-order chi connectivity index (χ1) is 14.6. The first kappa shape index (κ1) is 22.9. The lowest BCUT2D eigenvalue weighted by Gasteiger charge is -2.31. The Bertz CT molecular complexity index is 720. The van der Waals surface area contributed by atoms with E-state index in [-0.39, 0.29) is 5.92 Å². The monoisotopic (exact) mass is 413 g/mol. The predicted octanol–water partition coefficient (Wildman–Crippen LogP) is 6.91. The number of rotatable bonds is 11. The second kappa shape index (κ2) is 11.6. The fourth-order valence-corrected chi connectivity index (χ4v) is 4.82. The molecule has 3 atom stereocenters. The normalized spacial score (nSPS) is 22.5. The van der Waals surface area contributed by atoms with Crippen LogP contribution in [0.4, 0.5) is 8.78 Å². The van der Waals surface area contributed by atoms with E-state index in [0.29, 0.717) is 18.9 Å². The molecule has 1 saturated carbocycles. The Morgan fingerprint density at radius 3 is 2.07 bits per heavy atom. The van der Waals surface area contributed by atoms with Crippen molar-refractivity contribution in [1.29, 1.82) is 0 Å². The number of aryl methyl sites for hydroxylation is 1. The van der Waals surface area contributed by atoms with Gasteiger partial charge < -0.3 is 4.90 Å². The fourth-order valence-electron chi connectivity index (χ4n) is 4.82. The van der Waals surface area contributed by atoms with Crippen LogP contribution in [0.5, 0.6) is 0 Å². The van der Waals surface area contributed by atoms with E-state index in [1.807, 2.05) is 0 Å². The molecule has 3 rings (SSSR count). The van der Waals surface area contributed by atoms with Crippen molar-refractivity contribution in [1.82, 2.24) is 4.90 Å². The molecule has 164 valence electrons. The number of nitrogens with zero attached hydrogens (tertiary/aromatic N) is 1. The smallest absolute Gasteiger partial charge is 0.132 e. The standard InChI is InChI=1S/C27H37F2N/c1-3-17-30(18-16-21-8-6-5-7-9-21)25(4-2)15-12-22-10-13-23(14-11-22)24-19-26(28)27(29)20-24/h5-11,13-14,24-27H,3-4,12,15-20H2,1-2H3. The maximum Gasteiger partial charge on any atom is 0.132 e. The van der Waals surface area contributed by atoms with E-state index >= 15 is 0 Å². The minimum absolute atomic E-state index is 0.0328. The van der Waals surface area contributed by atoms with Crippen LogP contribution in [0.1, 0.15) is 68.6 Å². The van der Waals surface area contributed by atoms with Gasteiger partial charge in [0.1, 0.15) is 12.3 Å². The molecular weight excluding hydrogens is 376 g/mol. The van der Waals surface area contributed by atoms with Crippen LogP contribution in [0.2, 0.25) is 0 Å². The molecule has 3 unspecified atom stereocenters. The van der Waals surface area contributed by atoms with E-state index in [0.717, 1.165) is 44.3 Å². The van der Waals surface area contributed by atoms with Crippen molar-refractivity contribution >= 4 is 0 Å². The Kier molecular flexibility index (Phi) is 8.87. The van der Waals surface area contributed by atoms with Crippen LogP contribution in [-0.4, -0.2) is 36.4 Å². The van der Waals surface area contributed by atoms with Crippen LogP contribution < -0.4 is 0 Å². The van der Waals surface area contributed by atoms with Crippen molar-refractivity contribution in [2.75, 3.05) is 13.1 Å². The third-order valence-corrected chi connectivity index (χ3v) is 6.66. The summed E-state index contributed by atoms with van der Waals surface area (Å²) in [7, 11) is 0. The molecule has 0 aliphatic heterocycles. The Labute approximate surface area is 181 Å². The SMILES string of the molecule is CCCN(CCc1ccccc1)C(CC)CCc1ccc(C2CC(F)C(F)C2)cc1. The van der Waals surface area contributed by atoms with Crippen LogP contribution in [0.3, 0.4) is 0 Å². The Morgan fingerprint density at radius 1 is 0.833 bits per heavy atom. The summed E-state index contributed by atoms with van der Waals surface area (Å²) >= 11 is 0. The second-order valence-corrected chi connectivity index (χ2v) is 8.81. The zero-order valence-corrected chi connectivity index (χ0v) is 18.6. The van der Waals surface area contributed by atoms with Gasteiger partial charge in [-0.05, 0) is 74.1 Å². The van der Waals surface area contributed by atoms with Gasteiger partial charge in [0.05, 0.1) is 0 Å². The maximum atomic E-state index is 13.5.